The molecule has 0 bridgehead atoms. The predicted octanol–water partition coefficient (Wildman–Crippen LogP) is 6.53. The number of nitrogens with one attached hydrogen (secondary N) is 1. The molecule has 0 aliphatic rings. The van der Waals surface area contributed by atoms with Gasteiger partial charge in [-0.25, -0.2) is 4.98 Å². The number of unbranched alkanes of at least 4 members (excludes halogenated alkanes) is 2. The van der Waals surface area contributed by atoms with E-state index in [1.54, 1.807) is 19.2 Å². The molecular weight excluding hydrogens is 446 g/mol. The van der Waals surface area contributed by atoms with Gasteiger partial charge in [0.15, 0.2) is 0 Å². The standard InChI is InChI=1S/C31H37N3O2/c1-31(2,3)25-18-16-23(17-19-25)22-34-28-14-8-7-13-27(28)33-29(34)15-6-5-9-20-32-30(35)24-11-10-12-26(21-24)36-4/h7-8,10-14,16-19,21H,5-6,9,15,20,22H2,1-4H3,(H,32,35). The highest BCUT2D eigenvalue weighted by Gasteiger charge is 2.14. The highest BCUT2D eigenvalue weighted by atomic mass is 16.5. The summed E-state index contributed by atoms with van der Waals surface area (Å²) in [5.41, 5.74) is 5.63. The third kappa shape index (κ3) is 6.34. The summed E-state index contributed by atoms with van der Waals surface area (Å²) in [6.45, 7) is 8.21. The number of hydrogen-bond donors (Lipinski definition) is 1. The average Bonchev–Trinajstić information content (AvgIpc) is 3.22. The highest BCUT2D eigenvalue weighted by Crippen LogP contribution is 2.24. The van der Waals surface area contributed by atoms with Crippen molar-refractivity contribution in [1.82, 2.24) is 14.9 Å². The number of benzene rings is 3. The van der Waals surface area contributed by atoms with Crippen LogP contribution >= 0.6 is 0 Å². The fraction of sp³-hybridized carbons (Fsp3) is 0.355. The van der Waals surface area contributed by atoms with Crippen molar-refractivity contribution in [3.05, 3.63) is 95.3 Å². The molecule has 0 atom stereocenters. The lowest BCUT2D eigenvalue weighted by Crippen LogP contribution is -2.24. The van der Waals surface area contributed by atoms with Gasteiger partial charge in [-0.1, -0.05) is 69.7 Å². The maximum Gasteiger partial charge on any atom is 0.251 e. The predicted molar refractivity (Wildman–Crippen MR) is 147 cm³/mol. The molecule has 1 heterocycles. The molecule has 0 saturated carbocycles. The van der Waals surface area contributed by atoms with Gasteiger partial charge in [-0.2, -0.15) is 0 Å². The van der Waals surface area contributed by atoms with Gasteiger partial charge in [0.2, 0.25) is 0 Å². The average molecular weight is 484 g/mol. The van der Waals surface area contributed by atoms with Gasteiger partial charge in [0.05, 0.1) is 18.1 Å². The summed E-state index contributed by atoms with van der Waals surface area (Å²) < 4.78 is 7.56. The fourth-order valence-corrected chi connectivity index (χ4v) is 4.44. The minimum absolute atomic E-state index is 0.0619. The van der Waals surface area contributed by atoms with Gasteiger partial charge in [-0.15, -0.1) is 0 Å². The van der Waals surface area contributed by atoms with Crippen LogP contribution in [0.15, 0.2) is 72.8 Å². The number of nitrogens with zero attached hydrogens (tertiary/aromatic N) is 2. The molecule has 1 N–H and O–H groups in total. The van der Waals surface area contributed by atoms with E-state index in [1.807, 2.05) is 18.2 Å². The first kappa shape index (κ1) is 25.5. The van der Waals surface area contributed by atoms with Crippen molar-refractivity contribution in [3.8, 4) is 5.75 Å². The zero-order valence-corrected chi connectivity index (χ0v) is 21.9. The SMILES string of the molecule is COc1cccc(C(=O)NCCCCCc2nc3ccccc3n2Cc2ccc(C(C)(C)C)cc2)c1. The molecule has 0 unspecified atom stereocenters. The number of hydrogen-bond acceptors (Lipinski definition) is 3. The molecule has 1 aromatic heterocycles. The molecular formula is C31H37N3O2. The molecule has 5 nitrogen and oxygen atoms in total. The molecule has 0 radical (unpaired) electrons. The van der Waals surface area contributed by atoms with Crippen LogP contribution in [0.2, 0.25) is 0 Å². The maximum atomic E-state index is 12.4. The summed E-state index contributed by atoms with van der Waals surface area (Å²) in [7, 11) is 1.61. The van der Waals surface area contributed by atoms with Crippen LogP contribution in [0.3, 0.4) is 0 Å². The largest absolute Gasteiger partial charge is 0.497 e. The molecule has 0 aliphatic heterocycles. The van der Waals surface area contributed by atoms with Gasteiger partial charge in [0.25, 0.3) is 5.91 Å². The second kappa shape index (κ2) is 11.4. The quantitative estimate of drug-likeness (QED) is 0.261. The number of amides is 1. The number of para-hydroxylation sites is 2. The van der Waals surface area contributed by atoms with Gasteiger partial charge in [0.1, 0.15) is 11.6 Å². The van der Waals surface area contributed by atoms with Crippen molar-refractivity contribution >= 4 is 16.9 Å². The molecule has 36 heavy (non-hydrogen) atoms. The van der Waals surface area contributed by atoms with Crippen molar-refractivity contribution in [3.63, 3.8) is 0 Å². The molecule has 0 aliphatic carbocycles. The number of aryl methyl sites for hydroxylation is 1. The van der Waals surface area contributed by atoms with E-state index >= 15 is 0 Å². The summed E-state index contributed by atoms with van der Waals surface area (Å²) in [5, 5.41) is 3.01. The molecule has 4 aromatic rings. The van der Waals surface area contributed by atoms with E-state index in [4.69, 9.17) is 9.72 Å². The van der Waals surface area contributed by atoms with Gasteiger partial charge in [-0.05, 0) is 59.7 Å². The second-order valence-corrected chi connectivity index (χ2v) is 10.3. The number of carbonyl (C=O) groups is 1. The Hall–Kier alpha value is -3.60. The lowest BCUT2D eigenvalue weighted by molar-refractivity contribution is 0.0952. The monoisotopic (exact) mass is 483 g/mol. The Bertz CT molecular complexity index is 1300. The first-order valence-electron chi connectivity index (χ1n) is 12.8. The van der Waals surface area contributed by atoms with E-state index in [2.05, 4.69) is 73.1 Å². The number of fused-ring (bicyclic) bond motifs is 1. The molecule has 4 rings (SSSR count). The Balaban J connectivity index is 1.33. The van der Waals surface area contributed by atoms with Crippen LogP contribution < -0.4 is 10.1 Å². The summed E-state index contributed by atoms with van der Waals surface area (Å²) in [4.78, 5) is 17.3. The first-order valence-corrected chi connectivity index (χ1v) is 12.8. The van der Waals surface area contributed by atoms with Gasteiger partial charge in [0, 0.05) is 25.1 Å². The number of aromatic nitrogens is 2. The van der Waals surface area contributed by atoms with Crippen molar-refractivity contribution in [2.75, 3.05) is 13.7 Å². The van der Waals surface area contributed by atoms with Crippen LogP contribution in [0, 0.1) is 0 Å². The van der Waals surface area contributed by atoms with E-state index in [9.17, 15) is 4.79 Å². The highest BCUT2D eigenvalue weighted by molar-refractivity contribution is 5.94. The number of carbonyl (C=O) groups excluding carboxylic acids is 1. The van der Waals surface area contributed by atoms with Gasteiger partial charge < -0.3 is 14.6 Å². The third-order valence-corrected chi connectivity index (χ3v) is 6.59. The van der Waals surface area contributed by atoms with E-state index in [0.29, 0.717) is 17.9 Å². The van der Waals surface area contributed by atoms with Crippen LogP contribution in [0.5, 0.6) is 5.75 Å². The summed E-state index contributed by atoms with van der Waals surface area (Å²) >= 11 is 0. The minimum atomic E-state index is -0.0619. The second-order valence-electron chi connectivity index (χ2n) is 10.3. The molecule has 188 valence electrons. The van der Waals surface area contributed by atoms with Crippen molar-refractivity contribution < 1.29 is 9.53 Å². The van der Waals surface area contributed by atoms with Crippen molar-refractivity contribution in [2.24, 2.45) is 0 Å². The van der Waals surface area contributed by atoms with Crippen LogP contribution in [0.4, 0.5) is 0 Å². The zero-order valence-electron chi connectivity index (χ0n) is 21.9. The van der Waals surface area contributed by atoms with Crippen LogP contribution in [0.1, 0.15) is 67.3 Å². The number of rotatable bonds is 10. The molecule has 0 fully saturated rings. The molecule has 0 saturated heterocycles. The Morgan fingerprint density at radius 3 is 2.47 bits per heavy atom. The minimum Gasteiger partial charge on any atom is -0.497 e. The Morgan fingerprint density at radius 1 is 0.944 bits per heavy atom. The fourth-order valence-electron chi connectivity index (χ4n) is 4.44. The number of imidazole rings is 1. The zero-order chi connectivity index (χ0) is 25.5. The Kier molecular flexibility index (Phi) is 8.09. The van der Waals surface area contributed by atoms with Crippen molar-refractivity contribution in [1.29, 1.82) is 0 Å². The van der Waals surface area contributed by atoms with E-state index in [-0.39, 0.29) is 11.3 Å². The molecule has 0 spiro atoms. The van der Waals surface area contributed by atoms with Crippen molar-refractivity contribution in [2.45, 2.75) is 58.4 Å². The van der Waals surface area contributed by atoms with E-state index in [0.717, 1.165) is 43.6 Å². The third-order valence-electron chi connectivity index (χ3n) is 6.59. The normalized spacial score (nSPS) is 11.6. The number of methoxy groups -OCH3 is 1. The molecule has 5 heteroatoms. The lowest BCUT2D eigenvalue weighted by Gasteiger charge is -2.19. The van der Waals surface area contributed by atoms with Gasteiger partial charge >= 0.3 is 0 Å². The van der Waals surface area contributed by atoms with Crippen LogP contribution in [0.25, 0.3) is 11.0 Å². The topological polar surface area (TPSA) is 56.1 Å². The Morgan fingerprint density at radius 2 is 1.72 bits per heavy atom. The summed E-state index contributed by atoms with van der Waals surface area (Å²) in [6.07, 6.45) is 3.91. The maximum absolute atomic E-state index is 12.4. The summed E-state index contributed by atoms with van der Waals surface area (Å²) in [6, 6.07) is 24.6. The first-order chi connectivity index (χ1) is 17.3. The smallest absolute Gasteiger partial charge is 0.251 e. The van der Waals surface area contributed by atoms with Crippen LogP contribution in [-0.4, -0.2) is 29.1 Å². The van der Waals surface area contributed by atoms with E-state index < -0.39 is 0 Å². The number of ether oxygens (including phenoxy) is 1. The van der Waals surface area contributed by atoms with Gasteiger partial charge in [-0.3, -0.25) is 4.79 Å². The molecule has 1 amide bonds. The van der Waals surface area contributed by atoms with E-state index in [1.165, 1.54) is 16.6 Å². The molecule has 3 aromatic carbocycles. The Labute approximate surface area is 214 Å². The lowest BCUT2D eigenvalue weighted by atomic mass is 9.87. The summed E-state index contributed by atoms with van der Waals surface area (Å²) in [5.74, 6) is 1.75. The van der Waals surface area contributed by atoms with Crippen LogP contribution in [-0.2, 0) is 18.4 Å².